The maximum atomic E-state index is 5.52. The predicted octanol–water partition coefficient (Wildman–Crippen LogP) is 17.7. The van der Waals surface area contributed by atoms with Crippen LogP contribution in [0.15, 0.2) is 236 Å². The summed E-state index contributed by atoms with van der Waals surface area (Å²) in [5.41, 5.74) is 18.0. The first kappa shape index (κ1) is 39.2. The highest BCUT2D eigenvalue weighted by atomic mass is 32.1. The third-order valence-electron chi connectivity index (χ3n) is 12.9. The van der Waals surface area contributed by atoms with Gasteiger partial charge in [-0.25, -0.2) is 9.97 Å². The maximum Gasteiger partial charge on any atom is 0.160 e. The molecule has 5 heteroatoms. The molecule has 13 rings (SSSR count). The summed E-state index contributed by atoms with van der Waals surface area (Å²) in [5.74, 6) is 0.702. The highest BCUT2D eigenvalue weighted by Crippen LogP contribution is 2.43. The van der Waals surface area contributed by atoms with Gasteiger partial charge in [-0.05, 0) is 122 Å². The highest BCUT2D eigenvalue weighted by Gasteiger charge is 2.19. The smallest absolute Gasteiger partial charge is 0.160 e. The normalized spacial score (nSPS) is 11.6. The van der Waals surface area contributed by atoms with Crippen LogP contribution in [0.3, 0.4) is 0 Å². The predicted molar refractivity (Wildman–Crippen MR) is 285 cm³/mol. The fraction of sp³-hybridized carbons (Fsp3) is 0. The number of rotatable bonds is 8. The fourth-order valence-electron chi connectivity index (χ4n) is 9.50. The van der Waals surface area contributed by atoms with Crippen molar-refractivity contribution in [2.45, 2.75) is 0 Å². The molecule has 4 aromatic heterocycles. The Hall–Kier alpha value is -8.22. The molecule has 314 valence electrons. The van der Waals surface area contributed by atoms with E-state index in [9.17, 15) is 0 Å². The van der Waals surface area contributed by atoms with E-state index in [-0.39, 0.29) is 0 Å². The number of benzene rings is 9. The SMILES string of the molecule is c1ccc(-c2ccc(-c3csc4ccc(-c5cc(-c6ccc7c(ccn7-c7ccccc7)c6)cc(-c6nc(-c7ccc(-c8ccccc8)cc7)c7sc8ccccc8c7n6)c5)cc34)cc2)cc1. The summed E-state index contributed by atoms with van der Waals surface area (Å²) in [4.78, 5) is 11.0. The van der Waals surface area contributed by atoms with Gasteiger partial charge in [0.2, 0.25) is 0 Å². The van der Waals surface area contributed by atoms with Crippen molar-refractivity contribution in [2.75, 3.05) is 0 Å². The van der Waals surface area contributed by atoms with Gasteiger partial charge in [-0.1, -0.05) is 158 Å². The van der Waals surface area contributed by atoms with Crippen LogP contribution in [-0.4, -0.2) is 14.5 Å². The van der Waals surface area contributed by atoms with Crippen molar-refractivity contribution in [1.82, 2.24) is 14.5 Å². The molecule has 0 N–H and O–H groups in total. The summed E-state index contributed by atoms with van der Waals surface area (Å²) >= 11 is 3.56. The van der Waals surface area contributed by atoms with Gasteiger partial charge in [-0.15, -0.1) is 22.7 Å². The number of hydrogen-bond acceptors (Lipinski definition) is 4. The van der Waals surface area contributed by atoms with Crippen molar-refractivity contribution in [2.24, 2.45) is 0 Å². The lowest BCUT2D eigenvalue weighted by atomic mass is 9.93. The number of nitrogens with zero attached hydrogens (tertiary/aromatic N) is 3. The Balaban J connectivity index is 0.981. The molecule has 0 aliphatic carbocycles. The molecule has 0 saturated heterocycles. The maximum absolute atomic E-state index is 5.52. The lowest BCUT2D eigenvalue weighted by molar-refractivity contribution is 1.13. The van der Waals surface area contributed by atoms with Crippen LogP contribution in [0.1, 0.15) is 0 Å². The van der Waals surface area contributed by atoms with Gasteiger partial charge >= 0.3 is 0 Å². The van der Waals surface area contributed by atoms with Crippen molar-refractivity contribution in [1.29, 1.82) is 0 Å². The number of hydrogen-bond donors (Lipinski definition) is 0. The zero-order valence-corrected chi connectivity index (χ0v) is 37.8. The molecule has 0 atom stereocenters. The summed E-state index contributed by atoms with van der Waals surface area (Å²) < 4.78 is 5.81. The van der Waals surface area contributed by atoms with Gasteiger partial charge in [0.25, 0.3) is 0 Å². The zero-order valence-electron chi connectivity index (χ0n) is 36.2. The zero-order chi connectivity index (χ0) is 44.3. The van der Waals surface area contributed by atoms with Crippen molar-refractivity contribution in [3.63, 3.8) is 0 Å². The first-order valence-electron chi connectivity index (χ1n) is 22.5. The monoisotopic (exact) mass is 889 g/mol. The molecule has 0 unspecified atom stereocenters. The van der Waals surface area contributed by atoms with E-state index >= 15 is 0 Å². The van der Waals surface area contributed by atoms with E-state index in [0.29, 0.717) is 5.82 Å². The fourth-order valence-corrected chi connectivity index (χ4v) is 11.6. The number of thiophene rings is 2. The number of aromatic nitrogens is 3. The van der Waals surface area contributed by atoms with Gasteiger partial charge in [0, 0.05) is 54.1 Å². The second-order valence-electron chi connectivity index (χ2n) is 17.0. The third kappa shape index (κ3) is 7.13. The first-order valence-corrected chi connectivity index (χ1v) is 24.2. The Kier molecular flexibility index (Phi) is 9.55. The van der Waals surface area contributed by atoms with E-state index in [2.05, 4.69) is 241 Å². The molecule has 0 radical (unpaired) electrons. The Morgan fingerprint density at radius 1 is 0.373 bits per heavy atom. The molecule has 0 bridgehead atoms. The molecular weight excluding hydrogens is 851 g/mol. The highest BCUT2D eigenvalue weighted by molar-refractivity contribution is 7.26. The summed E-state index contributed by atoms with van der Waals surface area (Å²) in [7, 11) is 0. The molecule has 4 heterocycles. The van der Waals surface area contributed by atoms with E-state index in [1.54, 1.807) is 22.7 Å². The van der Waals surface area contributed by atoms with Gasteiger partial charge in [-0.3, -0.25) is 0 Å². The minimum absolute atomic E-state index is 0.702. The second kappa shape index (κ2) is 16.3. The molecule has 13 aromatic rings. The molecule has 0 fully saturated rings. The van der Waals surface area contributed by atoms with E-state index in [0.717, 1.165) is 60.4 Å². The minimum atomic E-state index is 0.702. The van der Waals surface area contributed by atoms with Crippen molar-refractivity contribution >= 4 is 64.0 Å². The summed E-state index contributed by atoms with van der Waals surface area (Å²) in [6, 6.07) is 80.9. The molecular formula is C62H39N3S2. The van der Waals surface area contributed by atoms with Gasteiger partial charge in [0.15, 0.2) is 5.82 Å². The summed E-state index contributed by atoms with van der Waals surface area (Å²) in [6.45, 7) is 0. The van der Waals surface area contributed by atoms with Crippen molar-refractivity contribution in [3.05, 3.63) is 236 Å². The third-order valence-corrected chi connectivity index (χ3v) is 15.1. The Bertz CT molecular complexity index is 3940. The van der Waals surface area contributed by atoms with E-state index in [4.69, 9.17) is 9.97 Å². The van der Waals surface area contributed by atoms with Crippen LogP contribution in [0.25, 0.3) is 125 Å². The quantitative estimate of drug-likeness (QED) is 0.152. The molecule has 0 aliphatic heterocycles. The van der Waals surface area contributed by atoms with Crippen LogP contribution in [0.5, 0.6) is 0 Å². The van der Waals surface area contributed by atoms with Gasteiger partial charge in [0.1, 0.15) is 0 Å². The molecule has 0 aliphatic rings. The van der Waals surface area contributed by atoms with Crippen LogP contribution in [0.4, 0.5) is 0 Å². The van der Waals surface area contributed by atoms with Gasteiger partial charge in [0.05, 0.1) is 21.4 Å². The lowest BCUT2D eigenvalue weighted by Crippen LogP contribution is -1.95. The van der Waals surface area contributed by atoms with Crippen molar-refractivity contribution in [3.8, 4) is 84.0 Å². The first-order chi connectivity index (χ1) is 33.2. The Labute approximate surface area is 396 Å². The number of para-hydroxylation sites is 1. The number of fused-ring (bicyclic) bond motifs is 5. The second-order valence-corrected chi connectivity index (χ2v) is 19.0. The van der Waals surface area contributed by atoms with Gasteiger partial charge in [-0.2, -0.15) is 0 Å². The average Bonchev–Trinajstić information content (AvgIpc) is 4.14. The molecule has 0 saturated carbocycles. The summed E-state index contributed by atoms with van der Waals surface area (Å²) in [5, 5.41) is 5.87. The molecule has 3 nitrogen and oxygen atoms in total. The molecule has 0 amide bonds. The molecule has 0 spiro atoms. The Morgan fingerprint density at radius 3 is 1.66 bits per heavy atom. The average molecular weight is 890 g/mol. The van der Waals surface area contributed by atoms with Crippen LogP contribution >= 0.6 is 22.7 Å². The van der Waals surface area contributed by atoms with Gasteiger partial charge < -0.3 is 4.57 Å². The van der Waals surface area contributed by atoms with E-state index in [1.807, 2.05) is 0 Å². The van der Waals surface area contributed by atoms with Crippen LogP contribution in [-0.2, 0) is 0 Å². The molecule has 9 aromatic carbocycles. The molecule has 67 heavy (non-hydrogen) atoms. The van der Waals surface area contributed by atoms with Crippen LogP contribution in [0.2, 0.25) is 0 Å². The minimum Gasteiger partial charge on any atom is -0.317 e. The van der Waals surface area contributed by atoms with Crippen molar-refractivity contribution < 1.29 is 0 Å². The standard InChI is InChI=1S/C62H39N3S2/c1-4-12-40(13-5-1)42-20-24-44(25-21-42)55-39-66-57-31-29-47(38-54(55)57)50-35-49(46-28-30-56-48(34-46)32-33-65(56)52-16-8-3-9-17-52)36-51(37-50)62-63-59(61-60(64-62)53-18-10-11-19-58(53)67-61)45-26-22-43(23-27-45)41-14-6-2-7-15-41/h1-39H. The van der Waals surface area contributed by atoms with E-state index in [1.165, 1.54) is 59.1 Å². The Morgan fingerprint density at radius 2 is 0.940 bits per heavy atom. The van der Waals surface area contributed by atoms with Crippen LogP contribution < -0.4 is 0 Å². The lowest BCUT2D eigenvalue weighted by Gasteiger charge is -2.13. The van der Waals surface area contributed by atoms with Crippen LogP contribution in [0, 0.1) is 0 Å². The largest absolute Gasteiger partial charge is 0.317 e. The summed E-state index contributed by atoms with van der Waals surface area (Å²) in [6.07, 6.45) is 2.16. The van der Waals surface area contributed by atoms with E-state index < -0.39 is 0 Å². The topological polar surface area (TPSA) is 30.7 Å².